The molecule has 1 saturated heterocycles. The van der Waals surface area contributed by atoms with Crippen LogP contribution >= 0.6 is 11.8 Å². The summed E-state index contributed by atoms with van der Waals surface area (Å²) >= 11 is 1.75. The molecule has 0 aromatic heterocycles. The van der Waals surface area contributed by atoms with Gasteiger partial charge >= 0.3 is 6.09 Å². The van der Waals surface area contributed by atoms with Crippen molar-refractivity contribution >= 4 is 17.9 Å². The molecule has 0 spiro atoms. The third-order valence-electron chi connectivity index (χ3n) is 4.25. The molecule has 1 heterocycles. The fraction of sp³-hybridized carbons (Fsp3) is 0.316. The maximum atomic E-state index is 14.4. The molecule has 3 rings (SSSR count). The van der Waals surface area contributed by atoms with Gasteiger partial charge in [0.1, 0.15) is 11.6 Å². The summed E-state index contributed by atoms with van der Waals surface area (Å²) in [5.74, 6) is 1.16. The van der Waals surface area contributed by atoms with Crippen molar-refractivity contribution in [2.45, 2.75) is 25.0 Å². The molecule has 0 atom stereocenters. The highest BCUT2D eigenvalue weighted by molar-refractivity contribution is 7.99. The number of ether oxygens (including phenoxy) is 1. The van der Waals surface area contributed by atoms with Crippen molar-refractivity contribution in [3.63, 3.8) is 0 Å². The number of halogens is 1. The zero-order valence-electron chi connectivity index (χ0n) is 13.7. The molecule has 1 amide bonds. The molecule has 25 heavy (non-hydrogen) atoms. The molecule has 0 aliphatic carbocycles. The predicted octanol–water partition coefficient (Wildman–Crippen LogP) is 3.83. The first kappa shape index (κ1) is 17.8. The van der Waals surface area contributed by atoms with E-state index in [9.17, 15) is 14.3 Å². The molecule has 0 unspecified atom stereocenters. The average molecular weight is 361 g/mol. The summed E-state index contributed by atoms with van der Waals surface area (Å²) in [5.41, 5.74) is 0.0758. The lowest BCUT2D eigenvalue weighted by atomic mass is 9.88. The topological polar surface area (TPSA) is 58.6 Å². The Balaban J connectivity index is 1.61. The lowest BCUT2D eigenvalue weighted by Gasteiger charge is -2.32. The Morgan fingerprint density at radius 1 is 1.20 bits per heavy atom. The van der Waals surface area contributed by atoms with Crippen LogP contribution in [0.25, 0.3) is 0 Å². The van der Waals surface area contributed by atoms with Crippen molar-refractivity contribution in [3.8, 4) is 5.75 Å². The number of hydrogen-bond donors (Lipinski definition) is 2. The number of hydrogen-bond acceptors (Lipinski definition) is 4. The highest BCUT2D eigenvalue weighted by Gasteiger charge is 2.34. The second-order valence-corrected chi connectivity index (χ2v) is 7.24. The zero-order valence-corrected chi connectivity index (χ0v) is 14.5. The fourth-order valence-electron chi connectivity index (χ4n) is 2.83. The van der Waals surface area contributed by atoms with Crippen molar-refractivity contribution in [1.29, 1.82) is 0 Å². The van der Waals surface area contributed by atoms with E-state index in [1.807, 2.05) is 30.3 Å². The third kappa shape index (κ3) is 4.52. The van der Waals surface area contributed by atoms with E-state index < -0.39 is 17.5 Å². The van der Waals surface area contributed by atoms with Crippen LogP contribution in [0, 0.1) is 5.82 Å². The van der Waals surface area contributed by atoms with Crippen molar-refractivity contribution in [1.82, 2.24) is 5.32 Å². The Hall–Kier alpha value is -2.05. The summed E-state index contributed by atoms with van der Waals surface area (Å²) in [6, 6.07) is 13.6. The Morgan fingerprint density at radius 3 is 2.60 bits per heavy atom. The number of thioether (sulfide) groups is 1. The second kappa shape index (κ2) is 7.89. The van der Waals surface area contributed by atoms with E-state index in [1.165, 1.54) is 12.1 Å². The van der Waals surface area contributed by atoms with Crippen LogP contribution in [0.4, 0.5) is 9.18 Å². The van der Waals surface area contributed by atoms with Crippen molar-refractivity contribution < 1.29 is 19.0 Å². The SMILES string of the molecule is O=C(NCc1ccccc1)Oc1ccc(C2(O)CCSCC2)c(F)c1. The molecule has 0 saturated carbocycles. The molecule has 2 aromatic carbocycles. The van der Waals surface area contributed by atoms with Gasteiger partial charge in [0.2, 0.25) is 0 Å². The standard InChI is InChI=1S/C19H20FNO3S/c20-17-12-15(6-7-16(17)19(23)8-10-25-11-9-19)24-18(22)21-13-14-4-2-1-3-5-14/h1-7,12,23H,8-11,13H2,(H,21,22). The van der Waals surface area contributed by atoms with E-state index in [-0.39, 0.29) is 11.3 Å². The Bertz CT molecular complexity index is 733. The van der Waals surface area contributed by atoms with Gasteiger partial charge in [-0.15, -0.1) is 0 Å². The minimum Gasteiger partial charge on any atom is -0.410 e. The molecule has 1 aliphatic rings. The van der Waals surface area contributed by atoms with Gasteiger partial charge in [-0.3, -0.25) is 0 Å². The molecule has 0 bridgehead atoms. The maximum absolute atomic E-state index is 14.4. The lowest BCUT2D eigenvalue weighted by molar-refractivity contribution is 0.0245. The number of benzene rings is 2. The van der Waals surface area contributed by atoms with Crippen LogP contribution in [0.1, 0.15) is 24.0 Å². The first-order valence-electron chi connectivity index (χ1n) is 8.17. The number of nitrogens with one attached hydrogen (secondary N) is 1. The molecule has 132 valence electrons. The number of carbonyl (C=O) groups excluding carboxylic acids is 1. The first-order chi connectivity index (χ1) is 12.1. The zero-order chi connectivity index (χ0) is 17.7. The van der Waals surface area contributed by atoms with E-state index in [0.717, 1.165) is 23.1 Å². The van der Waals surface area contributed by atoms with Gasteiger partial charge in [-0.25, -0.2) is 9.18 Å². The molecule has 6 heteroatoms. The van der Waals surface area contributed by atoms with E-state index >= 15 is 0 Å². The van der Waals surface area contributed by atoms with E-state index in [0.29, 0.717) is 19.4 Å². The summed E-state index contributed by atoms with van der Waals surface area (Å²) < 4.78 is 19.5. The van der Waals surface area contributed by atoms with Crippen LogP contribution in [-0.4, -0.2) is 22.7 Å². The maximum Gasteiger partial charge on any atom is 0.412 e. The highest BCUT2D eigenvalue weighted by Crippen LogP contribution is 2.37. The van der Waals surface area contributed by atoms with Gasteiger partial charge in [0.05, 0.1) is 5.60 Å². The fourth-order valence-corrected chi connectivity index (χ4v) is 4.00. The van der Waals surface area contributed by atoms with Gasteiger partial charge in [-0.2, -0.15) is 11.8 Å². The summed E-state index contributed by atoms with van der Waals surface area (Å²) in [6.07, 6.45) is 0.391. The van der Waals surface area contributed by atoms with Gasteiger partial charge < -0.3 is 15.2 Å². The van der Waals surface area contributed by atoms with Gasteiger partial charge in [0, 0.05) is 18.2 Å². The molecular weight excluding hydrogens is 341 g/mol. The van der Waals surface area contributed by atoms with E-state index in [2.05, 4.69) is 5.32 Å². The van der Waals surface area contributed by atoms with E-state index in [4.69, 9.17) is 4.74 Å². The van der Waals surface area contributed by atoms with Crippen LogP contribution in [0.3, 0.4) is 0 Å². The minimum atomic E-state index is -1.14. The lowest BCUT2D eigenvalue weighted by Crippen LogP contribution is -2.31. The first-order valence-corrected chi connectivity index (χ1v) is 9.32. The minimum absolute atomic E-state index is 0.112. The monoisotopic (exact) mass is 361 g/mol. The van der Waals surface area contributed by atoms with Crippen molar-refractivity contribution in [2.75, 3.05) is 11.5 Å². The summed E-state index contributed by atoms with van der Waals surface area (Å²) in [4.78, 5) is 11.8. The molecule has 4 nitrogen and oxygen atoms in total. The molecule has 1 fully saturated rings. The highest BCUT2D eigenvalue weighted by atomic mass is 32.2. The van der Waals surface area contributed by atoms with Crippen LogP contribution in [0.5, 0.6) is 5.75 Å². The molecule has 2 aromatic rings. The smallest absolute Gasteiger partial charge is 0.410 e. The Labute approximate surface area is 150 Å². The van der Waals surface area contributed by atoms with Gasteiger partial charge in [-0.1, -0.05) is 30.3 Å². The number of rotatable bonds is 4. The molecule has 2 N–H and O–H groups in total. The molecular formula is C19H20FNO3S. The number of carbonyl (C=O) groups is 1. The Morgan fingerprint density at radius 2 is 1.92 bits per heavy atom. The van der Waals surface area contributed by atoms with Crippen LogP contribution in [0.2, 0.25) is 0 Å². The van der Waals surface area contributed by atoms with Crippen LogP contribution in [0.15, 0.2) is 48.5 Å². The quantitative estimate of drug-likeness (QED) is 0.869. The number of aliphatic hydroxyl groups is 1. The summed E-state index contributed by atoms with van der Waals surface area (Å²) in [6.45, 7) is 0.331. The van der Waals surface area contributed by atoms with Gasteiger partial charge in [0.25, 0.3) is 0 Å². The van der Waals surface area contributed by atoms with Gasteiger partial charge in [0.15, 0.2) is 0 Å². The van der Waals surface area contributed by atoms with E-state index in [1.54, 1.807) is 11.8 Å². The third-order valence-corrected chi connectivity index (χ3v) is 5.24. The summed E-state index contributed by atoms with van der Waals surface area (Å²) in [7, 11) is 0. The second-order valence-electron chi connectivity index (χ2n) is 6.01. The normalized spacial score (nSPS) is 16.2. The van der Waals surface area contributed by atoms with Crippen LogP contribution < -0.4 is 10.1 Å². The molecule has 0 radical (unpaired) electrons. The van der Waals surface area contributed by atoms with Crippen molar-refractivity contribution in [3.05, 3.63) is 65.5 Å². The van der Waals surface area contributed by atoms with Crippen LogP contribution in [-0.2, 0) is 12.1 Å². The predicted molar refractivity (Wildman–Crippen MR) is 96.2 cm³/mol. The Kier molecular flexibility index (Phi) is 5.60. The largest absolute Gasteiger partial charge is 0.412 e. The summed E-state index contributed by atoms with van der Waals surface area (Å²) in [5, 5.41) is 13.2. The molecule has 1 aliphatic heterocycles. The van der Waals surface area contributed by atoms with Gasteiger partial charge in [-0.05, 0) is 42.0 Å². The average Bonchev–Trinajstić information content (AvgIpc) is 2.61. The number of amides is 1. The van der Waals surface area contributed by atoms with Crippen molar-refractivity contribution in [2.24, 2.45) is 0 Å².